The molecule has 0 aromatic carbocycles. The first-order valence-corrected chi connectivity index (χ1v) is 6.94. The van der Waals surface area contributed by atoms with E-state index in [1.807, 2.05) is 0 Å². The second-order valence-electron chi connectivity index (χ2n) is 5.58. The summed E-state index contributed by atoms with van der Waals surface area (Å²) in [5.41, 5.74) is 0.233. The van der Waals surface area contributed by atoms with Gasteiger partial charge in [-0.25, -0.2) is 0 Å². The Morgan fingerprint density at radius 2 is 1.62 bits per heavy atom. The maximum Gasteiger partial charge on any atom is 0.0436 e. The minimum absolute atomic E-state index is 0.233. The molecule has 0 amide bonds. The van der Waals surface area contributed by atoms with Crippen molar-refractivity contribution in [1.29, 1.82) is 0 Å². The number of nitrogens with one attached hydrogen (secondary N) is 1. The number of rotatable bonds is 11. The predicted octanol–water partition coefficient (Wildman–Crippen LogP) is 3.35. The van der Waals surface area contributed by atoms with Gasteiger partial charge in [-0.05, 0) is 24.8 Å². The first-order valence-electron chi connectivity index (χ1n) is 6.94. The molecule has 0 spiro atoms. The smallest absolute Gasteiger partial charge is 0.0436 e. The van der Waals surface area contributed by atoms with Gasteiger partial charge < -0.3 is 10.4 Å². The van der Waals surface area contributed by atoms with Gasteiger partial charge in [0.2, 0.25) is 0 Å². The molecule has 0 unspecified atom stereocenters. The van der Waals surface area contributed by atoms with Gasteiger partial charge in [-0.2, -0.15) is 0 Å². The van der Waals surface area contributed by atoms with Gasteiger partial charge >= 0.3 is 0 Å². The molecule has 0 aliphatic carbocycles. The van der Waals surface area contributed by atoms with Gasteiger partial charge in [0, 0.05) is 13.2 Å². The van der Waals surface area contributed by atoms with E-state index in [-0.39, 0.29) is 5.41 Å². The molecule has 0 saturated carbocycles. The van der Waals surface area contributed by atoms with Gasteiger partial charge in [-0.3, -0.25) is 0 Å². The summed E-state index contributed by atoms with van der Waals surface area (Å²) in [6, 6.07) is 0. The van der Waals surface area contributed by atoms with Crippen LogP contribution in [0, 0.1) is 5.41 Å². The number of unbranched alkanes of at least 4 members (excludes halogenated alkanes) is 5. The Labute approximate surface area is 102 Å². The van der Waals surface area contributed by atoms with E-state index in [4.69, 9.17) is 5.11 Å². The Bertz CT molecular complexity index is 146. The van der Waals surface area contributed by atoms with E-state index in [1.165, 1.54) is 38.5 Å². The van der Waals surface area contributed by atoms with Gasteiger partial charge in [0.05, 0.1) is 0 Å². The molecule has 16 heavy (non-hydrogen) atoms. The monoisotopic (exact) mass is 229 g/mol. The van der Waals surface area contributed by atoms with Crippen LogP contribution >= 0.6 is 0 Å². The van der Waals surface area contributed by atoms with Crippen LogP contribution in [0.25, 0.3) is 0 Å². The SMILES string of the molecule is CCCCCCCCNCC(C)(C)CCO. The largest absolute Gasteiger partial charge is 0.396 e. The van der Waals surface area contributed by atoms with Crippen LogP contribution in [0.3, 0.4) is 0 Å². The predicted molar refractivity (Wildman–Crippen MR) is 71.7 cm³/mol. The summed E-state index contributed by atoms with van der Waals surface area (Å²) in [5.74, 6) is 0. The normalized spacial score (nSPS) is 12.0. The van der Waals surface area contributed by atoms with Crippen molar-refractivity contribution < 1.29 is 5.11 Å². The summed E-state index contributed by atoms with van der Waals surface area (Å²) in [4.78, 5) is 0. The lowest BCUT2D eigenvalue weighted by atomic mass is 9.90. The summed E-state index contributed by atoms with van der Waals surface area (Å²) in [7, 11) is 0. The highest BCUT2D eigenvalue weighted by molar-refractivity contribution is 4.70. The Balaban J connectivity index is 3.20. The van der Waals surface area contributed by atoms with Crippen molar-refractivity contribution >= 4 is 0 Å². The van der Waals surface area contributed by atoms with Crippen LogP contribution in [0.2, 0.25) is 0 Å². The fourth-order valence-corrected chi connectivity index (χ4v) is 1.85. The zero-order valence-corrected chi connectivity index (χ0v) is 11.5. The molecular formula is C14H31NO. The highest BCUT2D eigenvalue weighted by atomic mass is 16.3. The molecule has 98 valence electrons. The molecule has 0 aliphatic heterocycles. The second-order valence-corrected chi connectivity index (χ2v) is 5.58. The van der Waals surface area contributed by atoms with Crippen LogP contribution in [0.1, 0.15) is 65.7 Å². The Kier molecular flexibility index (Phi) is 10.0. The fourth-order valence-electron chi connectivity index (χ4n) is 1.85. The molecule has 0 aromatic rings. The van der Waals surface area contributed by atoms with E-state index in [2.05, 4.69) is 26.1 Å². The summed E-state index contributed by atoms with van der Waals surface area (Å²) in [5, 5.41) is 12.4. The van der Waals surface area contributed by atoms with Gasteiger partial charge in [-0.15, -0.1) is 0 Å². The van der Waals surface area contributed by atoms with Crippen molar-refractivity contribution in [2.75, 3.05) is 19.7 Å². The standard InChI is InChI=1S/C14H31NO/c1-4-5-6-7-8-9-11-15-13-14(2,3)10-12-16/h15-16H,4-13H2,1-3H3. The lowest BCUT2D eigenvalue weighted by molar-refractivity contribution is 0.207. The first kappa shape index (κ1) is 15.9. The van der Waals surface area contributed by atoms with E-state index in [9.17, 15) is 0 Å². The lowest BCUT2D eigenvalue weighted by Crippen LogP contribution is -2.30. The van der Waals surface area contributed by atoms with Crippen LogP contribution < -0.4 is 5.32 Å². The van der Waals surface area contributed by atoms with Crippen LogP contribution in [0.5, 0.6) is 0 Å². The Morgan fingerprint density at radius 3 is 2.25 bits per heavy atom. The second kappa shape index (κ2) is 10.1. The van der Waals surface area contributed by atoms with E-state index in [0.29, 0.717) is 6.61 Å². The molecule has 0 rings (SSSR count). The molecule has 0 saturated heterocycles. The molecule has 2 heteroatoms. The zero-order valence-electron chi connectivity index (χ0n) is 11.5. The molecule has 0 radical (unpaired) electrons. The first-order chi connectivity index (χ1) is 7.62. The van der Waals surface area contributed by atoms with Gasteiger partial charge in [-0.1, -0.05) is 52.9 Å². The topological polar surface area (TPSA) is 32.3 Å². The Hall–Kier alpha value is -0.0800. The van der Waals surface area contributed by atoms with Crippen molar-refractivity contribution in [3.8, 4) is 0 Å². The van der Waals surface area contributed by atoms with Crippen LogP contribution in [-0.4, -0.2) is 24.8 Å². The molecule has 2 nitrogen and oxygen atoms in total. The number of hydrogen-bond acceptors (Lipinski definition) is 2. The van der Waals surface area contributed by atoms with Gasteiger partial charge in [0.25, 0.3) is 0 Å². The van der Waals surface area contributed by atoms with Crippen molar-refractivity contribution in [1.82, 2.24) is 5.32 Å². The van der Waals surface area contributed by atoms with E-state index in [1.54, 1.807) is 0 Å². The highest BCUT2D eigenvalue weighted by Crippen LogP contribution is 2.17. The summed E-state index contributed by atoms with van der Waals surface area (Å²) in [6.45, 7) is 9.11. The van der Waals surface area contributed by atoms with E-state index < -0.39 is 0 Å². The minimum Gasteiger partial charge on any atom is -0.396 e. The highest BCUT2D eigenvalue weighted by Gasteiger charge is 2.15. The molecule has 0 bridgehead atoms. The van der Waals surface area contributed by atoms with Crippen LogP contribution in [0.15, 0.2) is 0 Å². The third-order valence-corrected chi connectivity index (χ3v) is 3.10. The molecule has 0 aromatic heterocycles. The maximum atomic E-state index is 8.90. The third-order valence-electron chi connectivity index (χ3n) is 3.10. The minimum atomic E-state index is 0.233. The van der Waals surface area contributed by atoms with Crippen molar-refractivity contribution in [3.05, 3.63) is 0 Å². The van der Waals surface area contributed by atoms with Gasteiger partial charge in [0.1, 0.15) is 0 Å². The number of aliphatic hydroxyl groups is 1. The summed E-state index contributed by atoms with van der Waals surface area (Å²) >= 11 is 0. The molecule has 0 fully saturated rings. The quantitative estimate of drug-likeness (QED) is 0.533. The van der Waals surface area contributed by atoms with Crippen LogP contribution in [0.4, 0.5) is 0 Å². The average Bonchev–Trinajstić information content (AvgIpc) is 2.22. The van der Waals surface area contributed by atoms with Crippen molar-refractivity contribution in [2.24, 2.45) is 5.41 Å². The molecular weight excluding hydrogens is 198 g/mol. The molecule has 0 atom stereocenters. The number of aliphatic hydroxyl groups excluding tert-OH is 1. The molecule has 0 aliphatic rings. The fraction of sp³-hybridized carbons (Fsp3) is 1.00. The van der Waals surface area contributed by atoms with E-state index in [0.717, 1.165) is 19.5 Å². The molecule has 0 heterocycles. The van der Waals surface area contributed by atoms with E-state index >= 15 is 0 Å². The summed E-state index contributed by atoms with van der Waals surface area (Å²) < 4.78 is 0. The van der Waals surface area contributed by atoms with Gasteiger partial charge in [0.15, 0.2) is 0 Å². The van der Waals surface area contributed by atoms with Crippen molar-refractivity contribution in [3.63, 3.8) is 0 Å². The number of hydrogen-bond donors (Lipinski definition) is 2. The lowest BCUT2D eigenvalue weighted by Gasteiger charge is -2.23. The van der Waals surface area contributed by atoms with Crippen molar-refractivity contribution in [2.45, 2.75) is 65.7 Å². The summed E-state index contributed by atoms with van der Waals surface area (Å²) in [6.07, 6.45) is 9.02. The zero-order chi connectivity index (χ0) is 12.3. The third kappa shape index (κ3) is 10.4. The average molecular weight is 229 g/mol. The molecule has 2 N–H and O–H groups in total. The van der Waals surface area contributed by atoms with Crippen LogP contribution in [-0.2, 0) is 0 Å². The maximum absolute atomic E-state index is 8.90. The Morgan fingerprint density at radius 1 is 1.00 bits per heavy atom.